The van der Waals surface area contributed by atoms with Gasteiger partial charge in [0.2, 0.25) is 12.7 Å². The Labute approximate surface area is 346 Å². The van der Waals surface area contributed by atoms with E-state index in [1.165, 1.54) is 17.0 Å². The zero-order valence-electron chi connectivity index (χ0n) is 31.1. The van der Waals surface area contributed by atoms with Crippen LogP contribution < -0.4 is 19.5 Å². The maximum atomic E-state index is 14.3. The van der Waals surface area contributed by atoms with Gasteiger partial charge in [-0.3, -0.25) is 19.8 Å². The summed E-state index contributed by atoms with van der Waals surface area (Å²) >= 11 is 18.5. The predicted molar refractivity (Wildman–Crippen MR) is 216 cm³/mol. The second-order valence-electron chi connectivity index (χ2n) is 14.5. The fourth-order valence-corrected chi connectivity index (χ4v) is 8.25. The summed E-state index contributed by atoms with van der Waals surface area (Å²) < 4.78 is 16.8. The summed E-state index contributed by atoms with van der Waals surface area (Å²) in [7, 11) is 0. The summed E-state index contributed by atoms with van der Waals surface area (Å²) in [4.78, 5) is 32.8. The minimum atomic E-state index is -1.24. The van der Waals surface area contributed by atoms with Gasteiger partial charge in [0.15, 0.2) is 17.7 Å². The van der Waals surface area contributed by atoms with E-state index in [9.17, 15) is 24.9 Å². The number of piperidine rings is 1. The van der Waals surface area contributed by atoms with E-state index in [1.54, 1.807) is 29.2 Å². The number of aliphatic hydroxyl groups excluding tert-OH is 3. The molecule has 3 aliphatic rings. The number of ether oxygens (including phenoxy) is 3. The van der Waals surface area contributed by atoms with Crippen LogP contribution >= 0.6 is 34.8 Å². The van der Waals surface area contributed by atoms with E-state index < -0.39 is 24.6 Å². The zero-order valence-corrected chi connectivity index (χ0v) is 33.4. The van der Waals surface area contributed by atoms with E-state index in [1.807, 2.05) is 48.5 Å². The molecule has 4 aromatic rings. The van der Waals surface area contributed by atoms with Gasteiger partial charge >= 0.3 is 0 Å². The van der Waals surface area contributed by atoms with Crippen molar-refractivity contribution in [2.75, 3.05) is 39.6 Å². The van der Waals surface area contributed by atoms with Gasteiger partial charge in [-0.2, -0.15) is 0 Å². The topological polar surface area (TPSA) is 144 Å². The smallest absolute Gasteiger partial charge is 0.256 e. The van der Waals surface area contributed by atoms with E-state index >= 15 is 0 Å². The predicted octanol–water partition coefficient (Wildman–Crippen LogP) is 5.66. The molecule has 0 aromatic heterocycles. The van der Waals surface area contributed by atoms with Crippen molar-refractivity contribution in [1.29, 1.82) is 0 Å². The third-order valence-corrected chi connectivity index (χ3v) is 11.7. The molecule has 15 heteroatoms. The number of halogens is 3. The van der Waals surface area contributed by atoms with Gasteiger partial charge in [0.05, 0.1) is 21.2 Å². The maximum Gasteiger partial charge on any atom is 0.256 e. The normalized spacial score (nSPS) is 18.3. The molecule has 4 aromatic carbocycles. The number of nitrogens with zero attached hydrogens (tertiary/aromatic N) is 3. The quantitative estimate of drug-likeness (QED) is 0.0825. The van der Waals surface area contributed by atoms with E-state index in [0.717, 1.165) is 22.6 Å². The molecule has 0 aliphatic carbocycles. The van der Waals surface area contributed by atoms with Crippen LogP contribution in [0.3, 0.4) is 0 Å². The number of likely N-dealkylation sites (tertiary alicyclic amines) is 1. The van der Waals surface area contributed by atoms with Crippen molar-refractivity contribution in [2.24, 2.45) is 0 Å². The van der Waals surface area contributed by atoms with Crippen LogP contribution in [0, 0.1) is 0 Å². The lowest BCUT2D eigenvalue weighted by atomic mass is 9.97. The summed E-state index contributed by atoms with van der Waals surface area (Å²) in [6.45, 7) is 2.05. The molecular weight excluding hydrogens is 795 g/mol. The van der Waals surface area contributed by atoms with Gasteiger partial charge in [0, 0.05) is 68.4 Å². The molecule has 3 aliphatic heterocycles. The number of benzene rings is 4. The van der Waals surface area contributed by atoms with Crippen LogP contribution in [0.1, 0.15) is 52.5 Å². The number of fused-ring (bicyclic) bond motifs is 2. The molecule has 0 saturated carbocycles. The highest BCUT2D eigenvalue weighted by Crippen LogP contribution is 2.35. The van der Waals surface area contributed by atoms with Gasteiger partial charge in [-0.1, -0.05) is 89.4 Å². The number of carbonyl (C=O) groups is 2. The van der Waals surface area contributed by atoms with E-state index in [-0.39, 0.29) is 71.6 Å². The Balaban J connectivity index is 1.05. The molecule has 1 fully saturated rings. The Morgan fingerprint density at radius 1 is 0.895 bits per heavy atom. The molecular formula is C42H45Cl3N4O8. The number of aliphatic hydroxyl groups is 3. The fraction of sp³-hybridized carbons (Fsp3) is 0.381. The molecule has 302 valence electrons. The SMILES string of the molecule is O=C(CCN1C(=O)c2ccccc2C1O)N(C[C@H](O)[C@H](Cc1ccccc1)NC(O)COc1cc(Cl)c(Cl)cc1Cl)C1CCN(Cc2ccc3c(c2)OCO3)CC1. The van der Waals surface area contributed by atoms with Gasteiger partial charge in [0.25, 0.3) is 5.91 Å². The third-order valence-electron chi connectivity index (χ3n) is 10.7. The third kappa shape index (κ3) is 9.96. The number of nitrogens with one attached hydrogen (secondary N) is 1. The summed E-state index contributed by atoms with van der Waals surface area (Å²) in [5.41, 5.74) is 2.93. The van der Waals surface area contributed by atoms with Crippen molar-refractivity contribution in [1.82, 2.24) is 20.0 Å². The highest BCUT2D eigenvalue weighted by Gasteiger charge is 2.37. The maximum absolute atomic E-state index is 14.3. The lowest BCUT2D eigenvalue weighted by molar-refractivity contribution is -0.137. The molecule has 1 saturated heterocycles. The molecule has 4 atom stereocenters. The molecule has 0 spiro atoms. The lowest BCUT2D eigenvalue weighted by Gasteiger charge is -2.41. The summed E-state index contributed by atoms with van der Waals surface area (Å²) in [5, 5.41) is 37.9. The molecule has 2 unspecified atom stereocenters. The first kappa shape index (κ1) is 41.1. The van der Waals surface area contributed by atoms with Crippen molar-refractivity contribution in [3.63, 3.8) is 0 Å². The van der Waals surface area contributed by atoms with Crippen molar-refractivity contribution >= 4 is 46.6 Å². The van der Waals surface area contributed by atoms with Crippen LogP contribution in [0.5, 0.6) is 17.2 Å². The molecule has 4 N–H and O–H groups in total. The van der Waals surface area contributed by atoms with Crippen molar-refractivity contribution in [2.45, 2.75) is 62.9 Å². The molecule has 0 radical (unpaired) electrons. The van der Waals surface area contributed by atoms with Crippen LogP contribution in [0.4, 0.5) is 0 Å². The Bertz CT molecular complexity index is 2040. The minimum absolute atomic E-state index is 0.00207. The zero-order chi connectivity index (χ0) is 40.1. The average Bonchev–Trinajstić information content (AvgIpc) is 3.78. The molecule has 3 heterocycles. The molecule has 7 rings (SSSR count). The van der Waals surface area contributed by atoms with Gasteiger partial charge in [-0.15, -0.1) is 0 Å². The number of carbonyl (C=O) groups excluding carboxylic acids is 2. The summed E-state index contributed by atoms with van der Waals surface area (Å²) in [6, 6.07) is 24.3. The van der Waals surface area contributed by atoms with Crippen LogP contribution in [-0.4, -0.2) is 106 Å². The second-order valence-corrected chi connectivity index (χ2v) is 15.7. The Kier molecular flexibility index (Phi) is 13.4. The molecule has 12 nitrogen and oxygen atoms in total. The first-order chi connectivity index (χ1) is 27.5. The molecule has 2 amide bonds. The first-order valence-corrected chi connectivity index (χ1v) is 20.1. The highest BCUT2D eigenvalue weighted by atomic mass is 35.5. The number of amides is 2. The minimum Gasteiger partial charge on any atom is -0.488 e. The number of hydrogen-bond acceptors (Lipinski definition) is 10. The van der Waals surface area contributed by atoms with Crippen LogP contribution in [0.25, 0.3) is 0 Å². The van der Waals surface area contributed by atoms with Gasteiger partial charge in [-0.25, -0.2) is 0 Å². The van der Waals surface area contributed by atoms with E-state index in [0.29, 0.717) is 50.0 Å². The molecule has 0 bridgehead atoms. The van der Waals surface area contributed by atoms with Crippen molar-refractivity contribution < 1.29 is 39.1 Å². The van der Waals surface area contributed by atoms with Gasteiger partial charge in [0.1, 0.15) is 18.6 Å². The largest absolute Gasteiger partial charge is 0.488 e. The van der Waals surface area contributed by atoms with Gasteiger partial charge < -0.3 is 39.3 Å². The highest BCUT2D eigenvalue weighted by molar-refractivity contribution is 6.43. The number of rotatable bonds is 16. The molecule has 57 heavy (non-hydrogen) atoms. The lowest BCUT2D eigenvalue weighted by Crippen LogP contribution is -2.56. The van der Waals surface area contributed by atoms with Gasteiger partial charge in [-0.05, 0) is 54.7 Å². The standard InChI is InChI=1S/C42H45Cl3N4O8/c43-31-20-33(45)37(21-32(31)44)55-24-39(51)46-34(18-26-6-2-1-3-7-26)35(50)23-49(40(52)14-17-48-41(53)29-8-4-5-9-30(29)42(48)54)28-12-15-47(16-13-28)22-27-10-11-36-38(19-27)57-25-56-36/h1-11,19-21,28,34-35,39,41,46,50-51,53H,12-18,22-25H2/t34-,35-,39?,41?/m0/s1. The Hall–Kier alpha value is -4.11. The second kappa shape index (κ2) is 18.6. The number of hydrogen-bond donors (Lipinski definition) is 4. The Morgan fingerprint density at radius 2 is 1.61 bits per heavy atom. The van der Waals surface area contributed by atoms with Crippen molar-refractivity contribution in [3.05, 3.63) is 122 Å². The fourth-order valence-electron chi connectivity index (χ4n) is 7.66. The van der Waals surface area contributed by atoms with Crippen molar-refractivity contribution in [3.8, 4) is 17.2 Å². The summed E-state index contributed by atoms with van der Waals surface area (Å²) in [6.07, 6.45) is -1.95. The van der Waals surface area contributed by atoms with Crippen LogP contribution in [0.2, 0.25) is 15.1 Å². The van der Waals surface area contributed by atoms with Crippen LogP contribution in [-0.2, 0) is 17.8 Å². The first-order valence-electron chi connectivity index (χ1n) is 19.0. The van der Waals surface area contributed by atoms with E-state index in [2.05, 4.69) is 10.2 Å². The summed E-state index contributed by atoms with van der Waals surface area (Å²) in [5.74, 6) is 1.11. The monoisotopic (exact) mass is 838 g/mol. The average molecular weight is 840 g/mol. The van der Waals surface area contributed by atoms with Crippen LogP contribution in [0.15, 0.2) is 84.9 Å². The van der Waals surface area contributed by atoms with E-state index in [4.69, 9.17) is 49.0 Å². The Morgan fingerprint density at radius 3 is 2.39 bits per heavy atom.